The van der Waals surface area contributed by atoms with Crippen LogP contribution in [0.25, 0.3) is 0 Å². The number of carbonyl (C=O) groups excluding carboxylic acids is 3. The van der Waals surface area contributed by atoms with E-state index in [1.165, 1.54) is 40.4 Å². The van der Waals surface area contributed by atoms with Crippen LogP contribution in [0.3, 0.4) is 0 Å². The van der Waals surface area contributed by atoms with Crippen LogP contribution in [0.5, 0.6) is 17.2 Å². The molecule has 2 aromatic carbocycles. The first-order valence-corrected chi connectivity index (χ1v) is 11.4. The normalized spacial score (nSPS) is 13.6. The monoisotopic (exact) mass is 484 g/mol. The van der Waals surface area contributed by atoms with Gasteiger partial charge in [-0.2, -0.15) is 5.06 Å². The van der Waals surface area contributed by atoms with Gasteiger partial charge in [-0.1, -0.05) is 38.1 Å². The van der Waals surface area contributed by atoms with Crippen molar-refractivity contribution in [3.63, 3.8) is 0 Å². The number of hydrogen-bond acceptors (Lipinski definition) is 7. The molecule has 9 heteroatoms. The second-order valence-electron chi connectivity index (χ2n) is 8.69. The quantitative estimate of drug-likeness (QED) is 0.575. The lowest BCUT2D eigenvalue weighted by molar-refractivity contribution is -0.207. The van der Waals surface area contributed by atoms with Crippen molar-refractivity contribution in [1.29, 1.82) is 0 Å². The number of nitrogens with zero attached hydrogens (tertiary/aromatic N) is 1. The number of carbonyl (C=O) groups is 3. The lowest BCUT2D eigenvalue weighted by Gasteiger charge is -2.32. The molecule has 0 saturated heterocycles. The van der Waals surface area contributed by atoms with Crippen molar-refractivity contribution >= 4 is 17.8 Å². The summed E-state index contributed by atoms with van der Waals surface area (Å²) < 4.78 is 16.0. The van der Waals surface area contributed by atoms with Crippen molar-refractivity contribution in [2.75, 3.05) is 21.3 Å². The smallest absolute Gasteiger partial charge is 0.329 e. The lowest BCUT2D eigenvalue weighted by Crippen LogP contribution is -2.54. The van der Waals surface area contributed by atoms with Gasteiger partial charge in [-0.05, 0) is 42.0 Å². The van der Waals surface area contributed by atoms with Gasteiger partial charge in [0.25, 0.3) is 11.8 Å². The zero-order valence-electron chi connectivity index (χ0n) is 20.9. The molecule has 1 atom stereocenters. The summed E-state index contributed by atoms with van der Waals surface area (Å²) in [5, 5.41) is 3.93. The number of ether oxygens (including phenoxy) is 3. The van der Waals surface area contributed by atoms with Crippen LogP contribution in [-0.4, -0.2) is 56.3 Å². The largest absolute Gasteiger partial charge is 0.493 e. The third-order valence-corrected chi connectivity index (χ3v) is 5.95. The maximum absolute atomic E-state index is 13.6. The topological polar surface area (TPSA) is 103 Å². The van der Waals surface area contributed by atoms with Gasteiger partial charge >= 0.3 is 5.97 Å². The Hall–Kier alpha value is -3.75. The van der Waals surface area contributed by atoms with Crippen molar-refractivity contribution < 1.29 is 33.4 Å². The average molecular weight is 485 g/mol. The minimum Gasteiger partial charge on any atom is -0.493 e. The van der Waals surface area contributed by atoms with Gasteiger partial charge in [0.15, 0.2) is 11.5 Å². The molecular weight excluding hydrogens is 452 g/mol. The number of rotatable bonds is 8. The molecule has 3 rings (SSSR count). The minimum absolute atomic E-state index is 0.227. The highest BCUT2D eigenvalue weighted by Gasteiger charge is 2.38. The molecule has 0 fully saturated rings. The van der Waals surface area contributed by atoms with Gasteiger partial charge in [0.05, 0.1) is 27.4 Å². The molecule has 1 aliphatic carbocycles. The Bertz CT molecular complexity index is 1050. The predicted molar refractivity (Wildman–Crippen MR) is 128 cm³/mol. The molecule has 2 aromatic rings. The van der Waals surface area contributed by atoms with Crippen LogP contribution >= 0.6 is 0 Å². The highest BCUT2D eigenvalue weighted by molar-refractivity contribution is 5.98. The van der Waals surface area contributed by atoms with E-state index in [2.05, 4.69) is 5.32 Å². The summed E-state index contributed by atoms with van der Waals surface area (Å²) in [6, 6.07) is 9.59. The number of benzene rings is 2. The van der Waals surface area contributed by atoms with E-state index in [-0.39, 0.29) is 17.5 Å². The highest BCUT2D eigenvalue weighted by atomic mass is 16.7. The van der Waals surface area contributed by atoms with Gasteiger partial charge in [0.1, 0.15) is 6.04 Å². The van der Waals surface area contributed by atoms with Gasteiger partial charge < -0.3 is 24.4 Å². The molecule has 0 radical (unpaired) electrons. The number of amides is 2. The third kappa shape index (κ3) is 5.67. The van der Waals surface area contributed by atoms with Crippen LogP contribution in [-0.2, 0) is 27.3 Å². The Kier molecular flexibility index (Phi) is 8.22. The first-order valence-electron chi connectivity index (χ1n) is 11.4. The second kappa shape index (κ2) is 11.1. The van der Waals surface area contributed by atoms with Crippen LogP contribution in [0.2, 0.25) is 0 Å². The molecule has 2 amide bonds. The van der Waals surface area contributed by atoms with Crippen molar-refractivity contribution in [2.45, 2.75) is 45.7 Å². The molecule has 0 heterocycles. The van der Waals surface area contributed by atoms with E-state index in [0.717, 1.165) is 16.2 Å². The lowest BCUT2D eigenvalue weighted by atomic mass is 10.0. The summed E-state index contributed by atoms with van der Waals surface area (Å²) in [5.74, 6) is -0.903. The summed E-state index contributed by atoms with van der Waals surface area (Å²) in [6.45, 7) is 4.88. The number of nitrogens with one attached hydrogen (secondary N) is 1. The van der Waals surface area contributed by atoms with E-state index in [9.17, 15) is 14.4 Å². The van der Waals surface area contributed by atoms with Crippen molar-refractivity contribution in [3.8, 4) is 17.2 Å². The SMILES string of the molecule is COc1cc(C(=O)N[C@H](C(=O)N(OC(C)=O)C2Cc3ccccc3C2)C(C)C)cc(OC)c1OC. The Balaban J connectivity index is 1.87. The summed E-state index contributed by atoms with van der Waals surface area (Å²) in [4.78, 5) is 44.1. The molecule has 0 bridgehead atoms. The van der Waals surface area contributed by atoms with E-state index >= 15 is 0 Å². The van der Waals surface area contributed by atoms with E-state index in [4.69, 9.17) is 19.0 Å². The van der Waals surface area contributed by atoms with Crippen molar-refractivity contribution in [2.24, 2.45) is 5.92 Å². The van der Waals surface area contributed by atoms with Gasteiger partial charge in [-0.25, -0.2) is 0 Å². The fourth-order valence-corrected chi connectivity index (χ4v) is 4.23. The maximum Gasteiger partial charge on any atom is 0.329 e. The molecule has 35 heavy (non-hydrogen) atoms. The molecule has 0 saturated carbocycles. The summed E-state index contributed by atoms with van der Waals surface area (Å²) >= 11 is 0. The Morgan fingerprint density at radius 3 is 1.91 bits per heavy atom. The third-order valence-electron chi connectivity index (χ3n) is 5.95. The summed E-state index contributed by atoms with van der Waals surface area (Å²) in [7, 11) is 4.38. The van der Waals surface area contributed by atoms with Gasteiger partial charge in [-0.15, -0.1) is 0 Å². The van der Waals surface area contributed by atoms with E-state index in [1.54, 1.807) is 0 Å². The van der Waals surface area contributed by atoms with Gasteiger partial charge in [0.2, 0.25) is 5.75 Å². The zero-order valence-corrected chi connectivity index (χ0v) is 20.9. The predicted octanol–water partition coefficient (Wildman–Crippen LogP) is 2.94. The van der Waals surface area contributed by atoms with Crippen molar-refractivity contribution in [1.82, 2.24) is 10.4 Å². The van der Waals surface area contributed by atoms with Gasteiger partial charge in [0, 0.05) is 12.5 Å². The molecule has 0 aromatic heterocycles. The first-order chi connectivity index (χ1) is 16.7. The van der Waals surface area contributed by atoms with Gasteiger partial charge in [-0.3, -0.25) is 14.4 Å². The van der Waals surface area contributed by atoms with Crippen LogP contribution in [0, 0.1) is 5.92 Å². The van der Waals surface area contributed by atoms with E-state index in [0.29, 0.717) is 30.1 Å². The molecule has 9 nitrogen and oxygen atoms in total. The summed E-state index contributed by atoms with van der Waals surface area (Å²) in [5.41, 5.74) is 2.43. The highest BCUT2D eigenvalue weighted by Crippen LogP contribution is 2.38. The molecular formula is C26H32N2O7. The minimum atomic E-state index is -0.940. The van der Waals surface area contributed by atoms with Crippen LogP contribution in [0.1, 0.15) is 42.3 Å². The molecule has 0 aliphatic heterocycles. The Labute approximate surface area is 205 Å². The number of methoxy groups -OCH3 is 3. The molecule has 1 aliphatic rings. The fraction of sp³-hybridized carbons (Fsp3) is 0.423. The van der Waals surface area contributed by atoms with Crippen molar-refractivity contribution in [3.05, 3.63) is 53.1 Å². The standard InChI is InChI=1S/C26H32N2O7/c1-15(2)23(27-25(30)19-13-21(32-4)24(34-6)22(14-19)33-5)26(31)28(35-16(3)29)20-11-17-9-7-8-10-18(17)12-20/h7-10,13-15,20,23H,11-12H2,1-6H3,(H,27,30)/t23-/m0/s1. The van der Waals surface area contributed by atoms with E-state index < -0.39 is 23.8 Å². The fourth-order valence-electron chi connectivity index (χ4n) is 4.23. The van der Waals surface area contributed by atoms with Crippen LogP contribution in [0.4, 0.5) is 0 Å². The van der Waals surface area contributed by atoms with E-state index in [1.807, 2.05) is 38.1 Å². The Morgan fingerprint density at radius 2 is 1.49 bits per heavy atom. The molecule has 188 valence electrons. The maximum atomic E-state index is 13.6. The number of hydroxylamine groups is 2. The Morgan fingerprint density at radius 1 is 0.943 bits per heavy atom. The molecule has 1 N–H and O–H groups in total. The number of hydrogen-bond donors (Lipinski definition) is 1. The average Bonchev–Trinajstić information content (AvgIpc) is 3.27. The second-order valence-corrected chi connectivity index (χ2v) is 8.69. The first kappa shape index (κ1) is 25.9. The van der Waals surface area contributed by atoms with Crippen LogP contribution < -0.4 is 19.5 Å². The zero-order chi connectivity index (χ0) is 25.7. The van der Waals surface area contributed by atoms with Crippen LogP contribution in [0.15, 0.2) is 36.4 Å². The number of fused-ring (bicyclic) bond motifs is 1. The molecule has 0 unspecified atom stereocenters. The molecule has 0 spiro atoms. The summed E-state index contributed by atoms with van der Waals surface area (Å²) in [6.07, 6.45) is 1.11.